The van der Waals surface area contributed by atoms with E-state index in [1.807, 2.05) is 0 Å². The van der Waals surface area contributed by atoms with Crippen molar-refractivity contribution in [3.63, 3.8) is 0 Å². The molecule has 0 fully saturated rings. The zero-order valence-electron chi connectivity index (χ0n) is 7.22. The van der Waals surface area contributed by atoms with E-state index in [0.29, 0.717) is 9.26 Å². The normalized spacial score (nSPS) is 10.6. The van der Waals surface area contributed by atoms with E-state index in [9.17, 15) is 13.6 Å². The summed E-state index contributed by atoms with van der Waals surface area (Å²) in [6, 6.07) is 1.03. The topological polar surface area (TPSA) is 56.0 Å². The van der Waals surface area contributed by atoms with Gasteiger partial charge in [-0.1, -0.05) is 0 Å². The third kappa shape index (κ3) is 2.17. The first-order chi connectivity index (χ1) is 6.43. The number of primary amides is 1. The van der Waals surface area contributed by atoms with Crippen molar-refractivity contribution in [3.8, 4) is 0 Å². The number of carbonyl (C=O) groups is 1. The fourth-order valence-electron chi connectivity index (χ4n) is 0.964. The summed E-state index contributed by atoms with van der Waals surface area (Å²) in [7, 11) is 0. The Morgan fingerprint density at radius 2 is 2.21 bits per heavy atom. The van der Waals surface area contributed by atoms with E-state index < -0.39 is 18.0 Å². The number of aromatic nitrogens is 1. The monoisotopic (exact) mass is 312 g/mol. The molecule has 0 aliphatic carbocycles. The lowest BCUT2D eigenvalue weighted by Gasteiger charge is -2.06. The first-order valence-electron chi connectivity index (χ1n) is 3.68. The van der Waals surface area contributed by atoms with Crippen molar-refractivity contribution in [2.45, 2.75) is 13.3 Å². The zero-order chi connectivity index (χ0) is 10.9. The van der Waals surface area contributed by atoms with Gasteiger partial charge in [-0.15, -0.1) is 0 Å². The lowest BCUT2D eigenvalue weighted by Crippen LogP contribution is -2.15. The van der Waals surface area contributed by atoms with Crippen LogP contribution >= 0.6 is 22.6 Å². The maximum atomic E-state index is 12.3. The minimum Gasteiger partial charge on any atom is -0.366 e. The van der Waals surface area contributed by atoms with Gasteiger partial charge in [0.05, 0.1) is 0 Å². The summed E-state index contributed by atoms with van der Waals surface area (Å²) in [6.07, 6.45) is -2.69. The van der Waals surface area contributed by atoms with Crippen LogP contribution in [0, 0.1) is 10.6 Å². The molecule has 0 atom stereocenters. The molecule has 0 radical (unpaired) electrons. The van der Waals surface area contributed by atoms with Crippen molar-refractivity contribution in [3.05, 3.63) is 26.6 Å². The van der Waals surface area contributed by atoms with Gasteiger partial charge in [0.15, 0.2) is 0 Å². The molecule has 76 valence electrons. The summed E-state index contributed by atoms with van der Waals surface area (Å²) in [5, 5.41) is 0. The zero-order valence-corrected chi connectivity index (χ0v) is 9.38. The molecular weight excluding hydrogens is 305 g/mol. The highest BCUT2D eigenvalue weighted by atomic mass is 127. The SMILES string of the molecule is Cc1c(C(N)=O)cc(C(F)F)nc1I. The lowest BCUT2D eigenvalue weighted by molar-refractivity contribution is 0.0998. The molecule has 1 aromatic heterocycles. The molecule has 0 saturated carbocycles. The third-order valence-electron chi connectivity index (χ3n) is 1.72. The van der Waals surface area contributed by atoms with Gasteiger partial charge >= 0.3 is 0 Å². The van der Waals surface area contributed by atoms with Crippen LogP contribution in [0.5, 0.6) is 0 Å². The molecule has 0 bridgehead atoms. The van der Waals surface area contributed by atoms with Gasteiger partial charge in [-0.3, -0.25) is 4.79 Å². The quantitative estimate of drug-likeness (QED) is 0.671. The van der Waals surface area contributed by atoms with Crippen LogP contribution in [0.1, 0.15) is 28.0 Å². The van der Waals surface area contributed by atoms with Crippen LogP contribution in [-0.2, 0) is 0 Å². The Labute approximate surface area is 92.8 Å². The maximum Gasteiger partial charge on any atom is 0.280 e. The maximum absolute atomic E-state index is 12.3. The predicted octanol–water partition coefficient (Wildman–Crippen LogP) is 2.03. The molecule has 14 heavy (non-hydrogen) atoms. The van der Waals surface area contributed by atoms with Gasteiger partial charge in [0, 0.05) is 5.56 Å². The number of amides is 1. The molecular formula is C8H7F2IN2O. The van der Waals surface area contributed by atoms with E-state index in [1.54, 1.807) is 29.5 Å². The van der Waals surface area contributed by atoms with Gasteiger partial charge in [-0.2, -0.15) is 0 Å². The number of pyridine rings is 1. The molecule has 1 amide bonds. The van der Waals surface area contributed by atoms with Crippen molar-refractivity contribution in [2.75, 3.05) is 0 Å². The van der Waals surface area contributed by atoms with Gasteiger partial charge in [0.1, 0.15) is 9.39 Å². The standard InChI is InChI=1S/C8H7F2IN2O/c1-3-4(8(12)14)2-5(6(9)10)13-7(3)11/h2,6H,1H3,(H2,12,14). The molecule has 3 nitrogen and oxygen atoms in total. The molecule has 0 aliphatic heterocycles. The van der Waals surface area contributed by atoms with E-state index in [0.717, 1.165) is 6.07 Å². The predicted molar refractivity (Wildman–Crippen MR) is 55.2 cm³/mol. The van der Waals surface area contributed by atoms with Gasteiger partial charge in [-0.25, -0.2) is 13.8 Å². The molecule has 2 N–H and O–H groups in total. The molecule has 0 spiro atoms. The largest absolute Gasteiger partial charge is 0.366 e. The van der Waals surface area contributed by atoms with Gasteiger partial charge in [0.2, 0.25) is 5.91 Å². The second-order valence-electron chi connectivity index (χ2n) is 2.68. The second kappa shape index (κ2) is 4.16. The highest BCUT2D eigenvalue weighted by Crippen LogP contribution is 2.22. The summed E-state index contributed by atoms with van der Waals surface area (Å²) < 4.78 is 25.0. The Balaban J connectivity index is 3.35. The van der Waals surface area contributed by atoms with Gasteiger partial charge < -0.3 is 5.73 Å². The van der Waals surface area contributed by atoms with Crippen molar-refractivity contribution < 1.29 is 13.6 Å². The second-order valence-corrected chi connectivity index (χ2v) is 3.70. The Morgan fingerprint density at radius 1 is 1.64 bits per heavy atom. The minimum atomic E-state index is -2.69. The molecule has 1 rings (SSSR count). The molecule has 1 aromatic rings. The number of nitrogens with two attached hydrogens (primary N) is 1. The van der Waals surface area contributed by atoms with Gasteiger partial charge in [0.25, 0.3) is 6.43 Å². The molecule has 0 saturated heterocycles. The van der Waals surface area contributed by atoms with Crippen molar-refractivity contribution in [1.29, 1.82) is 0 Å². The summed E-state index contributed by atoms with van der Waals surface area (Å²) in [5.74, 6) is -0.718. The van der Waals surface area contributed by atoms with Crippen molar-refractivity contribution in [2.24, 2.45) is 5.73 Å². The Bertz CT molecular complexity index is 382. The fraction of sp³-hybridized carbons (Fsp3) is 0.250. The number of halogens is 3. The van der Waals surface area contributed by atoms with Crippen LogP contribution in [0.2, 0.25) is 0 Å². The average molecular weight is 312 g/mol. The highest BCUT2D eigenvalue weighted by Gasteiger charge is 2.16. The molecule has 0 unspecified atom stereocenters. The van der Waals surface area contributed by atoms with E-state index >= 15 is 0 Å². The van der Waals surface area contributed by atoms with E-state index in [4.69, 9.17) is 5.73 Å². The van der Waals surface area contributed by atoms with Crippen LogP contribution in [-0.4, -0.2) is 10.9 Å². The van der Waals surface area contributed by atoms with Crippen LogP contribution in [0.3, 0.4) is 0 Å². The van der Waals surface area contributed by atoms with Crippen molar-refractivity contribution >= 4 is 28.5 Å². The minimum absolute atomic E-state index is 0.0969. The number of alkyl halides is 2. The van der Waals surface area contributed by atoms with Crippen LogP contribution in [0.15, 0.2) is 6.07 Å². The van der Waals surface area contributed by atoms with Crippen LogP contribution in [0.25, 0.3) is 0 Å². The Kier molecular flexibility index (Phi) is 3.35. The van der Waals surface area contributed by atoms with E-state index in [2.05, 4.69) is 4.98 Å². The molecule has 1 heterocycles. The molecule has 6 heteroatoms. The number of nitrogens with zero attached hydrogens (tertiary/aromatic N) is 1. The Hall–Kier alpha value is -0.790. The first kappa shape index (κ1) is 11.3. The number of hydrogen-bond donors (Lipinski definition) is 1. The first-order valence-corrected chi connectivity index (χ1v) is 4.76. The smallest absolute Gasteiger partial charge is 0.280 e. The van der Waals surface area contributed by atoms with Crippen LogP contribution < -0.4 is 5.73 Å². The van der Waals surface area contributed by atoms with Gasteiger partial charge in [-0.05, 0) is 41.1 Å². The fourth-order valence-corrected chi connectivity index (χ4v) is 1.53. The van der Waals surface area contributed by atoms with Crippen molar-refractivity contribution in [1.82, 2.24) is 4.98 Å². The van der Waals surface area contributed by atoms with E-state index in [1.165, 1.54) is 0 Å². The van der Waals surface area contributed by atoms with E-state index in [-0.39, 0.29) is 5.56 Å². The summed E-state index contributed by atoms with van der Waals surface area (Å²) in [5.41, 5.74) is 5.24. The molecule has 0 aliphatic rings. The summed E-state index contributed by atoms with van der Waals surface area (Å²) in [6.45, 7) is 1.62. The summed E-state index contributed by atoms with van der Waals surface area (Å²) >= 11 is 1.79. The highest BCUT2D eigenvalue weighted by molar-refractivity contribution is 14.1. The molecule has 0 aromatic carbocycles. The van der Waals surface area contributed by atoms with Crippen LogP contribution in [0.4, 0.5) is 8.78 Å². The summed E-state index contributed by atoms with van der Waals surface area (Å²) in [4.78, 5) is 14.5. The number of rotatable bonds is 2. The number of carbonyl (C=O) groups excluding carboxylic acids is 1. The lowest BCUT2D eigenvalue weighted by atomic mass is 10.1. The number of hydrogen-bond acceptors (Lipinski definition) is 2. The third-order valence-corrected chi connectivity index (χ3v) is 2.77. The average Bonchev–Trinajstić information content (AvgIpc) is 2.08. The Morgan fingerprint density at radius 3 is 2.64 bits per heavy atom.